The molecule has 1 unspecified atom stereocenters. The van der Waals surface area contributed by atoms with Crippen LogP contribution in [0.2, 0.25) is 0 Å². The summed E-state index contributed by atoms with van der Waals surface area (Å²) in [5, 5.41) is 11.4. The monoisotopic (exact) mass is 381 g/mol. The van der Waals surface area contributed by atoms with E-state index in [-0.39, 0.29) is 4.90 Å². The molecule has 0 aromatic heterocycles. The van der Waals surface area contributed by atoms with E-state index in [0.29, 0.717) is 17.7 Å². The molecule has 140 valence electrons. The van der Waals surface area contributed by atoms with Gasteiger partial charge in [0, 0.05) is 5.56 Å². The maximum Gasteiger partial charge on any atom is 0.261 e. The number of sulfonamides is 1. The lowest BCUT2D eigenvalue weighted by Gasteiger charge is -2.30. The van der Waals surface area contributed by atoms with Crippen molar-refractivity contribution in [3.05, 3.63) is 95.6 Å². The molecule has 0 saturated heterocycles. The molecule has 0 radical (unpaired) electrons. The van der Waals surface area contributed by atoms with Gasteiger partial charge in [-0.2, -0.15) is 0 Å². The number of para-hydroxylation sites is 1. The topological polar surface area (TPSA) is 66.4 Å². The van der Waals surface area contributed by atoms with Crippen LogP contribution in [-0.4, -0.2) is 13.5 Å². The van der Waals surface area contributed by atoms with Crippen molar-refractivity contribution in [1.82, 2.24) is 0 Å². The highest BCUT2D eigenvalue weighted by Gasteiger charge is 2.32. The molecule has 5 heteroatoms. The van der Waals surface area contributed by atoms with E-state index < -0.39 is 15.6 Å². The van der Waals surface area contributed by atoms with Crippen LogP contribution in [-0.2, 0) is 15.6 Å². The fraction of sp³-hybridized carbons (Fsp3) is 0.182. The van der Waals surface area contributed by atoms with E-state index in [4.69, 9.17) is 0 Å². The van der Waals surface area contributed by atoms with Gasteiger partial charge in [-0.3, -0.25) is 4.72 Å². The number of nitrogens with one attached hydrogen (secondary N) is 1. The summed E-state index contributed by atoms with van der Waals surface area (Å²) in [6, 6.07) is 22.9. The quantitative estimate of drug-likeness (QED) is 0.663. The first kappa shape index (κ1) is 19.1. The molecule has 0 aliphatic carbocycles. The number of aryl methyl sites for hydroxylation is 1. The molecule has 3 aromatic rings. The van der Waals surface area contributed by atoms with Crippen LogP contribution in [0.1, 0.15) is 30.0 Å². The molecular formula is C22H23NO3S. The summed E-state index contributed by atoms with van der Waals surface area (Å²) in [4.78, 5) is 0.183. The highest BCUT2D eigenvalue weighted by Crippen LogP contribution is 2.37. The first-order valence-electron chi connectivity index (χ1n) is 8.84. The number of anilines is 1. The fourth-order valence-electron chi connectivity index (χ4n) is 3.12. The highest BCUT2D eigenvalue weighted by molar-refractivity contribution is 7.92. The smallest absolute Gasteiger partial charge is 0.261 e. The number of aliphatic hydroxyl groups is 1. The third-order valence-corrected chi connectivity index (χ3v) is 6.09. The highest BCUT2D eigenvalue weighted by atomic mass is 32.2. The summed E-state index contributed by atoms with van der Waals surface area (Å²) in [5.41, 5.74) is 1.29. The van der Waals surface area contributed by atoms with Gasteiger partial charge in [-0.25, -0.2) is 8.42 Å². The maximum absolute atomic E-state index is 12.8. The minimum absolute atomic E-state index is 0.183. The Balaban J connectivity index is 2.05. The van der Waals surface area contributed by atoms with Gasteiger partial charge >= 0.3 is 0 Å². The van der Waals surface area contributed by atoms with E-state index in [2.05, 4.69) is 4.72 Å². The minimum Gasteiger partial charge on any atom is -0.380 e. The molecule has 0 spiro atoms. The van der Waals surface area contributed by atoms with Crippen LogP contribution in [0.4, 0.5) is 5.69 Å². The third-order valence-electron chi connectivity index (χ3n) is 4.71. The molecule has 0 heterocycles. The van der Waals surface area contributed by atoms with Crippen molar-refractivity contribution in [3.8, 4) is 0 Å². The van der Waals surface area contributed by atoms with Crippen molar-refractivity contribution in [2.24, 2.45) is 0 Å². The third kappa shape index (κ3) is 3.89. The molecule has 0 fully saturated rings. The molecule has 1 atom stereocenters. The lowest BCUT2D eigenvalue weighted by molar-refractivity contribution is 0.0773. The molecule has 2 N–H and O–H groups in total. The van der Waals surface area contributed by atoms with Crippen LogP contribution < -0.4 is 4.72 Å². The zero-order chi connectivity index (χ0) is 19.5. The molecule has 4 nitrogen and oxygen atoms in total. The van der Waals surface area contributed by atoms with Crippen molar-refractivity contribution in [2.45, 2.75) is 30.8 Å². The van der Waals surface area contributed by atoms with E-state index in [1.165, 1.54) is 0 Å². The number of benzene rings is 3. The SMILES string of the molecule is CCC(O)(c1ccccc1)c1ccccc1NS(=O)(=O)c1ccc(C)cc1. The molecular weight excluding hydrogens is 358 g/mol. The normalized spacial score (nSPS) is 13.7. The lowest BCUT2D eigenvalue weighted by Crippen LogP contribution is -2.28. The Morgan fingerprint density at radius 1 is 0.889 bits per heavy atom. The van der Waals surface area contributed by atoms with Crippen molar-refractivity contribution in [3.63, 3.8) is 0 Å². The summed E-state index contributed by atoms with van der Waals surface area (Å²) in [6.45, 7) is 3.78. The van der Waals surface area contributed by atoms with Crippen LogP contribution in [0.25, 0.3) is 0 Å². The standard InChI is InChI=1S/C22H23NO3S/c1-3-22(24,18-9-5-4-6-10-18)20-11-7-8-12-21(20)23-27(25,26)19-15-13-17(2)14-16-19/h4-16,23-24H,3H2,1-2H3. The summed E-state index contributed by atoms with van der Waals surface area (Å²) >= 11 is 0. The molecule has 0 amide bonds. The van der Waals surface area contributed by atoms with Crippen LogP contribution in [0.5, 0.6) is 0 Å². The predicted molar refractivity (Wildman–Crippen MR) is 108 cm³/mol. The minimum atomic E-state index is -3.76. The summed E-state index contributed by atoms with van der Waals surface area (Å²) in [6.07, 6.45) is 0.403. The maximum atomic E-state index is 12.8. The van der Waals surface area contributed by atoms with Crippen LogP contribution in [0, 0.1) is 6.92 Å². The van der Waals surface area contributed by atoms with Gasteiger partial charge in [0.2, 0.25) is 0 Å². The second-order valence-corrected chi connectivity index (χ2v) is 8.23. The molecule has 27 heavy (non-hydrogen) atoms. The average Bonchev–Trinajstić information content (AvgIpc) is 2.68. The van der Waals surface area contributed by atoms with E-state index in [1.54, 1.807) is 48.5 Å². The molecule has 3 aromatic carbocycles. The van der Waals surface area contributed by atoms with Gasteiger partial charge in [-0.05, 0) is 37.1 Å². The zero-order valence-corrected chi connectivity index (χ0v) is 16.2. The van der Waals surface area contributed by atoms with E-state index in [0.717, 1.165) is 11.1 Å². The molecule has 0 bridgehead atoms. The van der Waals surface area contributed by atoms with Crippen LogP contribution >= 0.6 is 0 Å². The predicted octanol–water partition coefficient (Wildman–Crippen LogP) is 4.44. The van der Waals surface area contributed by atoms with Crippen LogP contribution in [0.3, 0.4) is 0 Å². The second kappa shape index (κ2) is 7.55. The summed E-state index contributed by atoms with van der Waals surface area (Å²) in [7, 11) is -3.76. The Hall–Kier alpha value is -2.63. The Morgan fingerprint density at radius 2 is 1.48 bits per heavy atom. The lowest BCUT2D eigenvalue weighted by atomic mass is 9.83. The Kier molecular flexibility index (Phi) is 5.35. The van der Waals surface area contributed by atoms with E-state index in [1.807, 2.05) is 44.2 Å². The summed E-state index contributed by atoms with van der Waals surface area (Å²) < 4.78 is 28.3. The van der Waals surface area contributed by atoms with Gasteiger partial charge in [0.15, 0.2) is 0 Å². The Morgan fingerprint density at radius 3 is 2.11 bits per heavy atom. The molecule has 0 aliphatic heterocycles. The van der Waals surface area contributed by atoms with Crippen molar-refractivity contribution in [2.75, 3.05) is 4.72 Å². The first-order valence-corrected chi connectivity index (χ1v) is 10.3. The summed E-state index contributed by atoms with van der Waals surface area (Å²) in [5.74, 6) is 0. The fourth-order valence-corrected chi connectivity index (χ4v) is 4.20. The van der Waals surface area contributed by atoms with Gasteiger partial charge in [0.05, 0.1) is 10.6 Å². The van der Waals surface area contributed by atoms with Gasteiger partial charge in [-0.15, -0.1) is 0 Å². The molecule has 0 aliphatic rings. The number of rotatable bonds is 6. The van der Waals surface area contributed by atoms with Crippen molar-refractivity contribution in [1.29, 1.82) is 0 Å². The zero-order valence-electron chi connectivity index (χ0n) is 15.4. The van der Waals surface area contributed by atoms with Crippen molar-refractivity contribution < 1.29 is 13.5 Å². The number of hydrogen-bond acceptors (Lipinski definition) is 3. The van der Waals surface area contributed by atoms with E-state index >= 15 is 0 Å². The Bertz CT molecular complexity index is 1010. The second-order valence-electron chi connectivity index (χ2n) is 6.54. The number of hydrogen-bond donors (Lipinski definition) is 2. The Labute approximate surface area is 160 Å². The average molecular weight is 381 g/mol. The van der Waals surface area contributed by atoms with Gasteiger partial charge < -0.3 is 5.11 Å². The van der Waals surface area contributed by atoms with E-state index in [9.17, 15) is 13.5 Å². The molecule has 0 saturated carbocycles. The van der Waals surface area contributed by atoms with Crippen LogP contribution in [0.15, 0.2) is 83.8 Å². The molecule has 3 rings (SSSR count). The van der Waals surface area contributed by atoms with Gasteiger partial charge in [0.1, 0.15) is 5.60 Å². The van der Waals surface area contributed by atoms with Crippen molar-refractivity contribution >= 4 is 15.7 Å². The largest absolute Gasteiger partial charge is 0.380 e. The first-order chi connectivity index (χ1) is 12.9. The van der Waals surface area contributed by atoms with Gasteiger partial charge in [-0.1, -0.05) is 73.2 Å². The van der Waals surface area contributed by atoms with Gasteiger partial charge in [0.25, 0.3) is 10.0 Å².